The van der Waals surface area contributed by atoms with Gasteiger partial charge in [0.2, 0.25) is 0 Å². The normalized spacial score (nSPS) is 31.4. The number of aromatic nitrogens is 2. The van der Waals surface area contributed by atoms with Crippen molar-refractivity contribution in [3.8, 4) is 0 Å². The van der Waals surface area contributed by atoms with Gasteiger partial charge in [-0.25, -0.2) is 0 Å². The van der Waals surface area contributed by atoms with Crippen LogP contribution >= 0.6 is 0 Å². The zero-order valence-electron chi connectivity index (χ0n) is 11.9. The topological polar surface area (TPSA) is 64.6 Å². The lowest BCUT2D eigenvalue weighted by Gasteiger charge is -2.22. The Morgan fingerprint density at radius 3 is 3.05 bits per heavy atom. The number of likely N-dealkylation sites (tertiary alicyclic amines) is 1. The van der Waals surface area contributed by atoms with Crippen LogP contribution in [-0.2, 0) is 9.47 Å². The Morgan fingerprint density at radius 2 is 2.29 bits per heavy atom. The molecule has 6 heteroatoms. The molecule has 0 spiro atoms. The van der Waals surface area contributed by atoms with E-state index in [4.69, 9.17) is 9.47 Å². The zero-order chi connectivity index (χ0) is 14.2. The number of ether oxygens (including phenoxy) is 2. The summed E-state index contributed by atoms with van der Waals surface area (Å²) in [4.78, 5) is 14.5. The first-order valence-corrected chi connectivity index (χ1v) is 7.60. The summed E-state index contributed by atoms with van der Waals surface area (Å²) >= 11 is 0. The van der Waals surface area contributed by atoms with E-state index in [1.807, 2.05) is 4.90 Å². The fourth-order valence-electron chi connectivity index (χ4n) is 3.24. The molecule has 2 saturated heterocycles. The van der Waals surface area contributed by atoms with Crippen LogP contribution in [0, 0.1) is 11.8 Å². The Kier molecular flexibility index (Phi) is 3.35. The van der Waals surface area contributed by atoms with Crippen molar-refractivity contribution in [2.75, 3.05) is 26.4 Å². The van der Waals surface area contributed by atoms with Crippen molar-refractivity contribution in [3.05, 3.63) is 24.0 Å². The van der Waals surface area contributed by atoms with E-state index in [-0.39, 0.29) is 18.1 Å². The Morgan fingerprint density at radius 1 is 1.38 bits per heavy atom. The second-order valence-corrected chi connectivity index (χ2v) is 6.17. The maximum Gasteiger partial charge on any atom is 0.255 e. The molecular weight excluding hydrogens is 270 g/mol. The highest BCUT2D eigenvalue weighted by Crippen LogP contribution is 2.35. The number of hydrogen-bond donors (Lipinski definition) is 0. The molecule has 1 aliphatic carbocycles. The Hall–Kier alpha value is -1.53. The molecule has 1 saturated carbocycles. The largest absolute Gasteiger partial charge is 0.379 e. The van der Waals surface area contributed by atoms with Crippen LogP contribution in [0.1, 0.15) is 23.2 Å². The molecule has 0 bridgehead atoms. The summed E-state index contributed by atoms with van der Waals surface area (Å²) in [6, 6.07) is 1.84. The van der Waals surface area contributed by atoms with Crippen molar-refractivity contribution in [2.45, 2.75) is 25.0 Å². The highest BCUT2D eigenvalue weighted by molar-refractivity contribution is 5.94. The van der Waals surface area contributed by atoms with Crippen LogP contribution in [0.15, 0.2) is 18.5 Å². The van der Waals surface area contributed by atoms with Gasteiger partial charge in [0.15, 0.2) is 0 Å². The highest BCUT2D eigenvalue weighted by Gasteiger charge is 2.48. The van der Waals surface area contributed by atoms with E-state index in [2.05, 4.69) is 10.2 Å². The third-order valence-electron chi connectivity index (χ3n) is 4.68. The van der Waals surface area contributed by atoms with E-state index in [1.54, 1.807) is 12.3 Å². The number of nitrogens with zero attached hydrogens (tertiary/aromatic N) is 3. The molecule has 0 radical (unpaired) electrons. The minimum Gasteiger partial charge on any atom is -0.379 e. The Balaban J connectivity index is 1.48. The van der Waals surface area contributed by atoms with Crippen molar-refractivity contribution in [3.63, 3.8) is 0 Å². The maximum absolute atomic E-state index is 12.6. The van der Waals surface area contributed by atoms with Crippen molar-refractivity contribution >= 4 is 5.91 Å². The summed E-state index contributed by atoms with van der Waals surface area (Å²) in [6.07, 6.45) is 5.74. The Bertz CT molecular complexity index is 520. The molecule has 3 heterocycles. The van der Waals surface area contributed by atoms with Gasteiger partial charge in [0.1, 0.15) is 0 Å². The van der Waals surface area contributed by atoms with E-state index in [9.17, 15) is 4.79 Å². The number of hydrogen-bond acceptors (Lipinski definition) is 5. The summed E-state index contributed by atoms with van der Waals surface area (Å²) in [5, 5.41) is 7.51. The maximum atomic E-state index is 12.6. The predicted octanol–water partition coefficient (Wildman–Crippen LogP) is 0.743. The molecule has 1 amide bonds. The lowest BCUT2D eigenvalue weighted by molar-refractivity contribution is 0.0141. The van der Waals surface area contributed by atoms with E-state index < -0.39 is 0 Å². The molecule has 4 rings (SSSR count). The quantitative estimate of drug-likeness (QED) is 0.818. The first kappa shape index (κ1) is 13.2. The van der Waals surface area contributed by atoms with Gasteiger partial charge in [-0.3, -0.25) is 4.79 Å². The standard InChI is InChI=1S/C15H19N3O3/c19-15(11-3-4-16-17-5-11)18-6-14(21-7-10-1-2-10)12-8-20-9-13(12)18/h3-5,10,12-14H,1-2,6-9H2/t12-,13+,14-/m1/s1. The summed E-state index contributed by atoms with van der Waals surface area (Å²) in [5.41, 5.74) is 0.582. The molecule has 0 unspecified atom stereocenters. The molecular formula is C15H19N3O3. The highest BCUT2D eigenvalue weighted by atomic mass is 16.5. The van der Waals surface area contributed by atoms with Gasteiger partial charge in [0.25, 0.3) is 5.91 Å². The smallest absolute Gasteiger partial charge is 0.255 e. The number of fused-ring (bicyclic) bond motifs is 1. The summed E-state index contributed by atoms with van der Waals surface area (Å²) in [5.74, 6) is 1.05. The van der Waals surface area contributed by atoms with Gasteiger partial charge in [-0.05, 0) is 24.8 Å². The summed E-state index contributed by atoms with van der Waals surface area (Å²) < 4.78 is 11.6. The number of amides is 1. The molecule has 1 aromatic heterocycles. The lowest BCUT2D eigenvalue weighted by Crippen LogP contribution is -2.38. The second kappa shape index (κ2) is 5.35. The molecule has 2 aliphatic heterocycles. The second-order valence-electron chi connectivity index (χ2n) is 6.17. The average Bonchev–Trinajstić information content (AvgIpc) is 3.11. The molecule has 6 nitrogen and oxygen atoms in total. The van der Waals surface area contributed by atoms with Gasteiger partial charge in [0, 0.05) is 19.1 Å². The van der Waals surface area contributed by atoms with E-state index in [0.717, 1.165) is 12.5 Å². The van der Waals surface area contributed by atoms with Crippen LogP contribution < -0.4 is 0 Å². The molecule has 112 valence electrons. The van der Waals surface area contributed by atoms with E-state index >= 15 is 0 Å². The van der Waals surface area contributed by atoms with Gasteiger partial charge in [-0.2, -0.15) is 10.2 Å². The van der Waals surface area contributed by atoms with Crippen molar-refractivity contribution in [2.24, 2.45) is 11.8 Å². The third kappa shape index (κ3) is 2.53. The van der Waals surface area contributed by atoms with Crippen LogP contribution in [-0.4, -0.2) is 59.5 Å². The fourth-order valence-corrected chi connectivity index (χ4v) is 3.24. The summed E-state index contributed by atoms with van der Waals surface area (Å²) in [6.45, 7) is 2.79. The van der Waals surface area contributed by atoms with Gasteiger partial charge in [-0.1, -0.05) is 0 Å². The monoisotopic (exact) mass is 289 g/mol. The first-order chi connectivity index (χ1) is 10.3. The summed E-state index contributed by atoms with van der Waals surface area (Å²) in [7, 11) is 0. The van der Waals surface area contributed by atoms with Gasteiger partial charge in [-0.15, -0.1) is 0 Å². The third-order valence-corrected chi connectivity index (χ3v) is 4.68. The van der Waals surface area contributed by atoms with Crippen LogP contribution in [0.5, 0.6) is 0 Å². The Labute approximate surface area is 123 Å². The van der Waals surface area contributed by atoms with Gasteiger partial charge in [0.05, 0.1) is 43.3 Å². The van der Waals surface area contributed by atoms with Crippen LogP contribution in [0.25, 0.3) is 0 Å². The van der Waals surface area contributed by atoms with Crippen LogP contribution in [0.2, 0.25) is 0 Å². The lowest BCUT2D eigenvalue weighted by atomic mass is 10.0. The first-order valence-electron chi connectivity index (χ1n) is 7.60. The molecule has 0 aromatic carbocycles. The SMILES string of the molecule is O=C(c1ccnnc1)N1C[C@@H](OCC2CC2)[C@@H]2COC[C@@H]21. The zero-order valence-corrected chi connectivity index (χ0v) is 11.9. The number of carbonyl (C=O) groups excluding carboxylic acids is 1. The molecule has 21 heavy (non-hydrogen) atoms. The average molecular weight is 289 g/mol. The number of rotatable bonds is 4. The minimum atomic E-state index is 0.00271. The van der Waals surface area contributed by atoms with Crippen molar-refractivity contribution in [1.29, 1.82) is 0 Å². The molecule has 3 atom stereocenters. The fraction of sp³-hybridized carbons (Fsp3) is 0.667. The minimum absolute atomic E-state index is 0.00271. The van der Waals surface area contributed by atoms with Crippen LogP contribution in [0.4, 0.5) is 0 Å². The van der Waals surface area contributed by atoms with E-state index in [0.29, 0.717) is 31.2 Å². The van der Waals surface area contributed by atoms with Gasteiger partial charge < -0.3 is 14.4 Å². The number of carbonyl (C=O) groups is 1. The molecule has 1 aromatic rings. The molecule has 3 fully saturated rings. The predicted molar refractivity (Wildman–Crippen MR) is 73.6 cm³/mol. The molecule has 0 N–H and O–H groups in total. The van der Waals surface area contributed by atoms with Crippen molar-refractivity contribution < 1.29 is 14.3 Å². The van der Waals surface area contributed by atoms with Crippen LogP contribution in [0.3, 0.4) is 0 Å². The van der Waals surface area contributed by atoms with E-state index in [1.165, 1.54) is 19.0 Å². The molecule has 3 aliphatic rings. The van der Waals surface area contributed by atoms with Gasteiger partial charge >= 0.3 is 0 Å². The van der Waals surface area contributed by atoms with Crippen molar-refractivity contribution in [1.82, 2.24) is 15.1 Å².